The fourth-order valence-corrected chi connectivity index (χ4v) is 1.49. The van der Waals surface area contributed by atoms with Crippen molar-refractivity contribution < 1.29 is 14.6 Å². The van der Waals surface area contributed by atoms with E-state index in [1.165, 1.54) is 7.11 Å². The van der Waals surface area contributed by atoms with Gasteiger partial charge in [0.05, 0.1) is 13.2 Å². The van der Waals surface area contributed by atoms with Gasteiger partial charge in [-0.2, -0.15) is 0 Å². The van der Waals surface area contributed by atoms with Gasteiger partial charge in [-0.1, -0.05) is 18.2 Å². The van der Waals surface area contributed by atoms with Gasteiger partial charge in [0.15, 0.2) is 0 Å². The van der Waals surface area contributed by atoms with Gasteiger partial charge in [-0.15, -0.1) is 0 Å². The zero-order chi connectivity index (χ0) is 12.7. The number of ether oxygens (including phenoxy) is 1. The van der Waals surface area contributed by atoms with Crippen molar-refractivity contribution in [1.29, 1.82) is 0 Å². The molecule has 1 rings (SSSR count). The molecule has 1 aromatic carbocycles. The average Bonchev–Trinajstić information content (AvgIpc) is 2.35. The molecule has 4 heteroatoms. The molecule has 1 unspecified atom stereocenters. The van der Waals surface area contributed by atoms with Crippen molar-refractivity contribution >= 4 is 11.7 Å². The lowest BCUT2D eigenvalue weighted by Gasteiger charge is -2.13. The summed E-state index contributed by atoms with van der Waals surface area (Å²) in [5.74, 6) is -0.292. The minimum absolute atomic E-state index is 0.243. The molecule has 17 heavy (non-hydrogen) atoms. The zero-order valence-corrected chi connectivity index (χ0v) is 10.3. The van der Waals surface area contributed by atoms with Gasteiger partial charge >= 0.3 is 5.97 Å². The molecular formula is C13H19NO3. The number of carbonyl (C=O) groups is 1. The molecule has 0 aromatic heterocycles. The summed E-state index contributed by atoms with van der Waals surface area (Å²) < 4.78 is 4.51. The number of aliphatic hydroxyl groups is 1. The molecule has 0 radical (unpaired) electrons. The van der Waals surface area contributed by atoms with Crippen LogP contribution in [0.5, 0.6) is 0 Å². The Bertz CT molecular complexity index is 365. The molecule has 1 atom stereocenters. The molecule has 4 nitrogen and oxygen atoms in total. The lowest BCUT2D eigenvalue weighted by molar-refractivity contribution is -0.141. The quantitative estimate of drug-likeness (QED) is 0.740. The number of hydrogen-bond donors (Lipinski definition) is 2. The molecule has 1 aromatic rings. The van der Waals surface area contributed by atoms with E-state index in [1.54, 1.807) is 0 Å². The molecule has 0 aliphatic rings. The number of hydrogen-bond acceptors (Lipinski definition) is 4. The first kappa shape index (κ1) is 13.5. The summed E-state index contributed by atoms with van der Waals surface area (Å²) in [6.07, 6.45) is 0.104. The van der Waals surface area contributed by atoms with Crippen LogP contribution in [-0.2, 0) is 9.53 Å². The maximum Gasteiger partial charge on any atom is 0.305 e. The van der Waals surface area contributed by atoms with Crippen molar-refractivity contribution in [2.45, 2.75) is 25.9 Å². The number of esters is 1. The number of anilines is 1. The molecule has 0 spiro atoms. The summed E-state index contributed by atoms with van der Waals surface area (Å²) in [6, 6.07) is 7.87. The lowest BCUT2D eigenvalue weighted by Crippen LogP contribution is -2.21. The Morgan fingerprint density at radius 2 is 2.18 bits per heavy atom. The van der Waals surface area contributed by atoms with E-state index < -0.39 is 6.10 Å². The first-order valence-electron chi connectivity index (χ1n) is 5.68. The molecule has 0 heterocycles. The van der Waals surface area contributed by atoms with Crippen LogP contribution in [0.1, 0.15) is 18.4 Å². The first-order valence-corrected chi connectivity index (χ1v) is 5.68. The third-order valence-corrected chi connectivity index (χ3v) is 2.58. The lowest BCUT2D eigenvalue weighted by atomic mass is 10.1. The van der Waals surface area contributed by atoms with E-state index in [-0.39, 0.29) is 12.4 Å². The van der Waals surface area contributed by atoms with Crippen molar-refractivity contribution in [3.05, 3.63) is 29.8 Å². The van der Waals surface area contributed by atoms with E-state index >= 15 is 0 Å². The van der Waals surface area contributed by atoms with Crippen LogP contribution < -0.4 is 5.32 Å². The SMILES string of the molecule is COC(=O)CCC(O)CNc1ccccc1C. The number of para-hydroxylation sites is 1. The van der Waals surface area contributed by atoms with Gasteiger partial charge in [0.25, 0.3) is 0 Å². The van der Waals surface area contributed by atoms with Crippen LogP contribution in [0.25, 0.3) is 0 Å². The molecule has 0 amide bonds. The standard InChI is InChI=1S/C13H19NO3/c1-10-5-3-4-6-12(10)14-9-11(15)7-8-13(16)17-2/h3-6,11,14-15H,7-9H2,1-2H3. The second-order valence-corrected chi connectivity index (χ2v) is 3.96. The molecule has 0 saturated heterocycles. The summed E-state index contributed by atoms with van der Waals surface area (Å²) in [6.45, 7) is 2.44. The van der Waals surface area contributed by atoms with Crippen molar-refractivity contribution in [1.82, 2.24) is 0 Å². The van der Waals surface area contributed by atoms with Crippen LogP contribution in [0.3, 0.4) is 0 Å². The van der Waals surface area contributed by atoms with E-state index in [1.807, 2.05) is 31.2 Å². The number of aryl methyl sites for hydroxylation is 1. The maximum atomic E-state index is 10.9. The van der Waals surface area contributed by atoms with Crippen molar-refractivity contribution in [2.75, 3.05) is 19.0 Å². The predicted molar refractivity (Wildman–Crippen MR) is 66.9 cm³/mol. The number of benzene rings is 1. The highest BCUT2D eigenvalue weighted by Gasteiger charge is 2.08. The second kappa shape index (κ2) is 6.91. The molecule has 2 N–H and O–H groups in total. The van der Waals surface area contributed by atoms with Crippen LogP contribution in [0.2, 0.25) is 0 Å². The highest BCUT2D eigenvalue weighted by molar-refractivity contribution is 5.69. The third kappa shape index (κ3) is 4.87. The van der Waals surface area contributed by atoms with E-state index in [2.05, 4.69) is 10.1 Å². The molecular weight excluding hydrogens is 218 g/mol. The van der Waals surface area contributed by atoms with E-state index in [9.17, 15) is 9.90 Å². The smallest absolute Gasteiger partial charge is 0.305 e. The summed E-state index contributed by atoms with van der Waals surface area (Å²) in [7, 11) is 1.35. The number of carbonyl (C=O) groups excluding carboxylic acids is 1. The number of nitrogens with one attached hydrogen (secondary N) is 1. The van der Waals surface area contributed by atoms with E-state index in [0.29, 0.717) is 13.0 Å². The van der Waals surface area contributed by atoms with Gasteiger partial charge in [-0.05, 0) is 25.0 Å². The highest BCUT2D eigenvalue weighted by Crippen LogP contribution is 2.13. The molecule has 94 valence electrons. The summed E-state index contributed by atoms with van der Waals surface area (Å²) >= 11 is 0. The zero-order valence-electron chi connectivity index (χ0n) is 10.3. The molecule has 0 saturated carbocycles. The Hall–Kier alpha value is -1.55. The number of methoxy groups -OCH3 is 1. The predicted octanol–water partition coefficient (Wildman–Crippen LogP) is 1.72. The Labute approximate surface area is 102 Å². The Kier molecular flexibility index (Phi) is 5.49. The molecule has 0 aliphatic carbocycles. The Morgan fingerprint density at radius 1 is 1.47 bits per heavy atom. The molecule has 0 fully saturated rings. The van der Waals surface area contributed by atoms with Crippen LogP contribution >= 0.6 is 0 Å². The van der Waals surface area contributed by atoms with Crippen LogP contribution in [0.15, 0.2) is 24.3 Å². The van der Waals surface area contributed by atoms with Crippen LogP contribution in [0, 0.1) is 6.92 Å². The first-order chi connectivity index (χ1) is 8.13. The van der Waals surface area contributed by atoms with E-state index in [0.717, 1.165) is 11.3 Å². The summed E-state index contributed by atoms with van der Waals surface area (Å²) in [5, 5.41) is 12.8. The Balaban J connectivity index is 2.31. The summed E-state index contributed by atoms with van der Waals surface area (Å²) in [4.78, 5) is 10.9. The van der Waals surface area contributed by atoms with Crippen molar-refractivity contribution in [3.8, 4) is 0 Å². The molecule has 0 bridgehead atoms. The Morgan fingerprint density at radius 3 is 2.82 bits per heavy atom. The van der Waals surface area contributed by atoms with Gasteiger partial charge < -0.3 is 15.2 Å². The van der Waals surface area contributed by atoms with Gasteiger partial charge in [-0.25, -0.2) is 0 Å². The van der Waals surface area contributed by atoms with Crippen LogP contribution in [0.4, 0.5) is 5.69 Å². The maximum absolute atomic E-state index is 10.9. The average molecular weight is 237 g/mol. The van der Waals surface area contributed by atoms with Gasteiger partial charge in [0, 0.05) is 18.7 Å². The fraction of sp³-hybridized carbons (Fsp3) is 0.462. The molecule has 0 aliphatic heterocycles. The third-order valence-electron chi connectivity index (χ3n) is 2.58. The van der Waals surface area contributed by atoms with E-state index in [4.69, 9.17) is 0 Å². The number of aliphatic hydroxyl groups excluding tert-OH is 1. The van der Waals surface area contributed by atoms with Crippen molar-refractivity contribution in [2.24, 2.45) is 0 Å². The largest absolute Gasteiger partial charge is 0.469 e. The topological polar surface area (TPSA) is 58.6 Å². The minimum atomic E-state index is -0.547. The van der Waals surface area contributed by atoms with Crippen molar-refractivity contribution in [3.63, 3.8) is 0 Å². The van der Waals surface area contributed by atoms with Crippen LogP contribution in [-0.4, -0.2) is 30.8 Å². The fourth-order valence-electron chi connectivity index (χ4n) is 1.49. The summed E-state index contributed by atoms with van der Waals surface area (Å²) in [5.41, 5.74) is 2.14. The highest BCUT2D eigenvalue weighted by atomic mass is 16.5. The number of rotatable bonds is 6. The van der Waals surface area contributed by atoms with Gasteiger partial charge in [0.2, 0.25) is 0 Å². The minimum Gasteiger partial charge on any atom is -0.469 e. The monoisotopic (exact) mass is 237 g/mol. The normalized spacial score (nSPS) is 11.9. The van der Waals surface area contributed by atoms with Gasteiger partial charge in [0.1, 0.15) is 0 Å². The van der Waals surface area contributed by atoms with Gasteiger partial charge in [-0.3, -0.25) is 4.79 Å². The second-order valence-electron chi connectivity index (χ2n) is 3.96.